The summed E-state index contributed by atoms with van der Waals surface area (Å²) in [6.45, 7) is 3.82. The van der Waals surface area contributed by atoms with E-state index in [1.807, 2.05) is 11.9 Å². The van der Waals surface area contributed by atoms with Crippen LogP contribution in [0.15, 0.2) is 47.6 Å². The minimum atomic E-state index is -0.658. The zero-order valence-electron chi connectivity index (χ0n) is 20.8. The first kappa shape index (κ1) is 24.9. The number of nitro groups is 1. The van der Waals surface area contributed by atoms with Gasteiger partial charge in [0.1, 0.15) is 22.8 Å². The summed E-state index contributed by atoms with van der Waals surface area (Å²) in [4.78, 5) is 45.2. The number of nitro benzene ring substituents is 1. The number of halogens is 2. The molecule has 0 bridgehead atoms. The Bertz CT molecular complexity index is 1510. The number of aliphatic imine (C=N–C) groups is 1. The number of amides is 1. The number of hydrogen-bond acceptors (Lipinski definition) is 10. The number of fused-ring (bicyclic) bond motifs is 3. The van der Waals surface area contributed by atoms with Gasteiger partial charge in [-0.2, -0.15) is 4.98 Å². The summed E-state index contributed by atoms with van der Waals surface area (Å²) in [5.74, 6) is -0.550. The van der Waals surface area contributed by atoms with E-state index in [1.165, 1.54) is 30.5 Å². The van der Waals surface area contributed by atoms with Crippen molar-refractivity contribution in [3.8, 4) is 0 Å². The normalized spacial score (nSPS) is 17.2. The van der Waals surface area contributed by atoms with Crippen LogP contribution in [0.3, 0.4) is 0 Å². The van der Waals surface area contributed by atoms with Crippen molar-refractivity contribution >= 4 is 58.0 Å². The van der Waals surface area contributed by atoms with Crippen molar-refractivity contribution in [2.45, 2.75) is 0 Å². The fourth-order valence-electron chi connectivity index (χ4n) is 4.92. The second kappa shape index (κ2) is 9.75. The van der Waals surface area contributed by atoms with E-state index in [0.29, 0.717) is 43.4 Å². The number of rotatable bonds is 5. The van der Waals surface area contributed by atoms with Crippen LogP contribution in [0.4, 0.5) is 38.9 Å². The predicted molar refractivity (Wildman–Crippen MR) is 146 cm³/mol. The Morgan fingerprint density at radius 2 is 1.92 bits per heavy atom. The average Bonchev–Trinajstić information content (AvgIpc) is 3.41. The number of anilines is 5. The topological polar surface area (TPSA) is 123 Å². The van der Waals surface area contributed by atoms with Crippen molar-refractivity contribution in [1.29, 1.82) is 0 Å². The summed E-state index contributed by atoms with van der Waals surface area (Å²) in [6, 6.07) is 9.09. The van der Waals surface area contributed by atoms with Crippen LogP contribution in [0.5, 0.6) is 0 Å². The summed E-state index contributed by atoms with van der Waals surface area (Å²) in [7, 11) is 2.02. The van der Waals surface area contributed by atoms with Crippen LogP contribution in [0.25, 0.3) is 0 Å². The van der Waals surface area contributed by atoms with Crippen LogP contribution in [0.1, 0.15) is 10.4 Å². The molecule has 1 saturated heterocycles. The third-order valence-electron chi connectivity index (χ3n) is 6.91. The zero-order valence-corrected chi connectivity index (χ0v) is 21.6. The maximum Gasteiger partial charge on any atom is 0.294 e. The molecule has 2 aromatic carbocycles. The van der Waals surface area contributed by atoms with Gasteiger partial charge in [0.15, 0.2) is 5.82 Å². The molecule has 1 fully saturated rings. The van der Waals surface area contributed by atoms with E-state index in [0.717, 1.165) is 18.0 Å². The molecule has 0 unspecified atom stereocenters. The van der Waals surface area contributed by atoms with Gasteiger partial charge in [-0.1, -0.05) is 17.7 Å². The molecule has 4 heterocycles. The Morgan fingerprint density at radius 3 is 2.67 bits per heavy atom. The number of aromatic nitrogens is 2. The predicted octanol–water partition coefficient (Wildman–Crippen LogP) is 3.51. The summed E-state index contributed by atoms with van der Waals surface area (Å²) in [5, 5.41) is 15.0. The number of piperazine rings is 1. The van der Waals surface area contributed by atoms with E-state index >= 15 is 0 Å². The molecule has 14 heteroatoms. The molecule has 39 heavy (non-hydrogen) atoms. The highest BCUT2D eigenvalue weighted by molar-refractivity contribution is 6.38. The Hall–Kier alpha value is -4.36. The molecule has 0 atom stereocenters. The van der Waals surface area contributed by atoms with Crippen molar-refractivity contribution in [3.63, 3.8) is 0 Å². The number of guanidine groups is 1. The van der Waals surface area contributed by atoms with Gasteiger partial charge in [-0.05, 0) is 31.3 Å². The molecule has 3 aliphatic heterocycles. The number of carbonyl (C=O) groups is 1. The first-order valence-corrected chi connectivity index (χ1v) is 12.7. The first-order chi connectivity index (χ1) is 18.8. The number of nitrogens with one attached hydrogen (secondary N) is 1. The fraction of sp³-hybridized carbons (Fsp3) is 0.280. The molecule has 1 aromatic heterocycles. The van der Waals surface area contributed by atoms with Gasteiger partial charge in [0.05, 0.1) is 16.5 Å². The smallest absolute Gasteiger partial charge is 0.294 e. The van der Waals surface area contributed by atoms with Crippen molar-refractivity contribution in [2.24, 2.45) is 4.99 Å². The minimum Gasteiger partial charge on any atom is -0.363 e. The van der Waals surface area contributed by atoms with E-state index in [1.54, 1.807) is 17.0 Å². The van der Waals surface area contributed by atoms with Crippen LogP contribution < -0.4 is 20.0 Å². The summed E-state index contributed by atoms with van der Waals surface area (Å²) in [5.41, 5.74) is 1.02. The Labute approximate surface area is 227 Å². The third-order valence-corrected chi connectivity index (χ3v) is 7.21. The van der Waals surface area contributed by atoms with E-state index in [9.17, 15) is 19.3 Å². The van der Waals surface area contributed by atoms with Gasteiger partial charge < -0.3 is 15.1 Å². The number of benzene rings is 2. The maximum atomic E-state index is 14.8. The molecule has 0 saturated carbocycles. The summed E-state index contributed by atoms with van der Waals surface area (Å²) < 4.78 is 14.8. The lowest BCUT2D eigenvalue weighted by Gasteiger charge is -2.35. The van der Waals surface area contributed by atoms with Crippen LogP contribution >= 0.6 is 11.6 Å². The number of para-hydroxylation sites is 1. The molecule has 6 rings (SSSR count). The molecule has 1 N–H and O–H groups in total. The maximum absolute atomic E-state index is 14.8. The zero-order chi connectivity index (χ0) is 27.3. The Kier molecular flexibility index (Phi) is 6.23. The third kappa shape index (κ3) is 4.38. The van der Waals surface area contributed by atoms with Gasteiger partial charge in [-0.25, -0.2) is 14.3 Å². The van der Waals surface area contributed by atoms with Crippen LogP contribution in [0, 0.1) is 15.9 Å². The molecular weight excluding hydrogens is 529 g/mol. The van der Waals surface area contributed by atoms with Crippen LogP contribution in [0.2, 0.25) is 5.02 Å². The molecule has 3 aliphatic rings. The van der Waals surface area contributed by atoms with E-state index in [4.69, 9.17) is 11.6 Å². The Balaban J connectivity index is 1.31. The quantitative estimate of drug-likeness (QED) is 0.375. The highest BCUT2D eigenvalue weighted by atomic mass is 35.5. The van der Waals surface area contributed by atoms with Crippen molar-refractivity contribution in [3.05, 3.63) is 69.1 Å². The number of nitrogens with zero attached hydrogens (tertiary/aromatic N) is 8. The van der Waals surface area contributed by atoms with E-state index in [-0.39, 0.29) is 33.9 Å². The van der Waals surface area contributed by atoms with Gasteiger partial charge in [0.25, 0.3) is 11.6 Å². The first-order valence-electron chi connectivity index (χ1n) is 12.3. The Morgan fingerprint density at radius 1 is 1.13 bits per heavy atom. The lowest BCUT2D eigenvalue weighted by Crippen LogP contribution is -2.51. The van der Waals surface area contributed by atoms with Gasteiger partial charge in [0, 0.05) is 50.7 Å². The van der Waals surface area contributed by atoms with Crippen LogP contribution in [-0.2, 0) is 0 Å². The number of hydrogen-bond donors (Lipinski definition) is 1. The van der Waals surface area contributed by atoms with Gasteiger partial charge in [-0.15, -0.1) is 0 Å². The highest BCUT2D eigenvalue weighted by Crippen LogP contribution is 2.38. The minimum absolute atomic E-state index is 0.0240. The van der Waals surface area contributed by atoms with Crippen molar-refractivity contribution < 1.29 is 14.1 Å². The average molecular weight is 552 g/mol. The SMILES string of the molecule is CN1CCN(c2ccc(Nc3ncc4c(n3)N3CCN=C3N(c3c(F)cccc3Cl)C4=O)cc2[N+](=O)[O-])CC1. The molecule has 3 aromatic rings. The molecule has 0 radical (unpaired) electrons. The molecule has 12 nitrogen and oxygen atoms in total. The fourth-order valence-corrected chi connectivity index (χ4v) is 5.17. The van der Waals surface area contributed by atoms with Crippen LogP contribution in [-0.4, -0.2) is 78.0 Å². The summed E-state index contributed by atoms with van der Waals surface area (Å²) in [6.07, 6.45) is 1.34. The van der Waals surface area contributed by atoms with E-state index in [2.05, 4.69) is 25.2 Å². The van der Waals surface area contributed by atoms with Crippen molar-refractivity contribution in [2.75, 3.05) is 66.3 Å². The lowest BCUT2D eigenvalue weighted by atomic mass is 10.1. The summed E-state index contributed by atoms with van der Waals surface area (Å²) >= 11 is 6.26. The molecule has 200 valence electrons. The lowest BCUT2D eigenvalue weighted by molar-refractivity contribution is -0.384. The molecule has 1 amide bonds. The van der Waals surface area contributed by atoms with Gasteiger partial charge in [0.2, 0.25) is 11.9 Å². The standard InChI is InChI=1S/C25H23ClFN9O3/c1-32-9-11-33(12-10-32)19-6-5-15(13-20(19)36(38)39)30-24-29-14-16-22(31-24)34-8-7-28-25(34)35(23(16)37)21-17(26)3-2-4-18(21)27/h2-6,13-14H,7-12H2,1H3,(H,29,30,31). The molecule has 0 aliphatic carbocycles. The second-order valence-corrected chi connectivity index (χ2v) is 9.76. The highest BCUT2D eigenvalue weighted by Gasteiger charge is 2.41. The largest absolute Gasteiger partial charge is 0.363 e. The number of likely N-dealkylation sites (N-methyl/N-ethyl adjacent to an activating group) is 1. The van der Waals surface area contributed by atoms with Crippen molar-refractivity contribution in [1.82, 2.24) is 14.9 Å². The monoisotopic (exact) mass is 551 g/mol. The van der Waals surface area contributed by atoms with Gasteiger partial charge in [-0.3, -0.25) is 24.8 Å². The number of carbonyl (C=O) groups excluding carboxylic acids is 1. The van der Waals surface area contributed by atoms with Gasteiger partial charge >= 0.3 is 0 Å². The second-order valence-electron chi connectivity index (χ2n) is 9.35. The molecular formula is C25H23ClFN9O3. The van der Waals surface area contributed by atoms with E-state index < -0.39 is 16.6 Å². The molecule has 0 spiro atoms.